The smallest absolute Gasteiger partial charge is 0.225 e. The molecule has 0 N–H and O–H groups in total. The maximum atomic E-state index is 14.2. The first-order valence-corrected chi connectivity index (χ1v) is 11.7. The molecule has 0 unspecified atom stereocenters. The summed E-state index contributed by atoms with van der Waals surface area (Å²) in [5, 5.41) is 0. The predicted molar refractivity (Wildman–Crippen MR) is 116 cm³/mol. The largest absolute Gasteiger partial charge is 0.368 e. The predicted octanol–water partition coefficient (Wildman–Crippen LogP) is 3.90. The highest BCUT2D eigenvalue weighted by molar-refractivity contribution is 5.81. The Balaban J connectivity index is 1.19. The van der Waals surface area contributed by atoms with Crippen LogP contribution in [-0.4, -0.2) is 54.5 Å². The number of hydrogen-bond donors (Lipinski definition) is 0. The Morgan fingerprint density at radius 1 is 1.00 bits per heavy atom. The van der Waals surface area contributed by atoms with Crippen molar-refractivity contribution in [2.24, 2.45) is 5.92 Å². The second-order valence-electron chi connectivity index (χ2n) is 9.64. The first-order chi connectivity index (χ1) is 15.2. The van der Waals surface area contributed by atoms with Crippen molar-refractivity contribution in [3.05, 3.63) is 70.5 Å². The second kappa shape index (κ2) is 7.72. The minimum absolute atomic E-state index is 0.0860. The quantitative estimate of drug-likeness (QED) is 0.755. The zero-order valence-corrected chi connectivity index (χ0v) is 17.8. The molecule has 31 heavy (non-hydrogen) atoms. The van der Waals surface area contributed by atoms with Crippen molar-refractivity contribution >= 4 is 5.91 Å². The molecule has 2 aromatic carbocycles. The minimum atomic E-state index is -0.188. The van der Waals surface area contributed by atoms with Crippen molar-refractivity contribution in [2.45, 2.75) is 43.8 Å². The zero-order valence-electron chi connectivity index (χ0n) is 17.8. The van der Waals surface area contributed by atoms with Gasteiger partial charge in [0.1, 0.15) is 5.82 Å². The van der Waals surface area contributed by atoms with E-state index in [0.717, 1.165) is 64.0 Å². The van der Waals surface area contributed by atoms with Crippen molar-refractivity contribution in [3.8, 4) is 0 Å². The maximum absolute atomic E-state index is 14.2. The van der Waals surface area contributed by atoms with Crippen molar-refractivity contribution in [1.29, 1.82) is 0 Å². The van der Waals surface area contributed by atoms with Gasteiger partial charge in [0.2, 0.25) is 5.91 Å². The zero-order chi connectivity index (χ0) is 20.9. The van der Waals surface area contributed by atoms with Crippen LogP contribution in [0.2, 0.25) is 0 Å². The number of rotatable bonds is 3. The third-order valence-electron chi connectivity index (χ3n) is 7.54. The molecule has 3 atom stereocenters. The van der Waals surface area contributed by atoms with E-state index in [-0.39, 0.29) is 23.9 Å². The summed E-state index contributed by atoms with van der Waals surface area (Å²) < 4.78 is 20.8. The molecule has 0 spiro atoms. The van der Waals surface area contributed by atoms with Crippen LogP contribution in [0.4, 0.5) is 4.39 Å². The summed E-state index contributed by atoms with van der Waals surface area (Å²) in [5.41, 5.74) is 4.88. The molecule has 2 saturated heterocycles. The Labute approximate surface area is 183 Å². The topological polar surface area (TPSA) is 32.8 Å². The lowest BCUT2D eigenvalue weighted by Crippen LogP contribution is -2.50. The van der Waals surface area contributed by atoms with Gasteiger partial charge < -0.3 is 9.64 Å². The molecule has 162 valence electrons. The van der Waals surface area contributed by atoms with Gasteiger partial charge in [-0.05, 0) is 60.1 Å². The van der Waals surface area contributed by atoms with Gasteiger partial charge in [-0.3, -0.25) is 9.69 Å². The number of carbonyl (C=O) groups excluding carboxylic acids is 1. The summed E-state index contributed by atoms with van der Waals surface area (Å²) in [4.78, 5) is 16.8. The third kappa shape index (κ3) is 3.68. The van der Waals surface area contributed by atoms with E-state index in [0.29, 0.717) is 11.8 Å². The molecule has 6 rings (SSSR count). The van der Waals surface area contributed by atoms with Gasteiger partial charge in [0.05, 0.1) is 12.2 Å². The fourth-order valence-electron chi connectivity index (χ4n) is 5.74. The summed E-state index contributed by atoms with van der Waals surface area (Å²) in [5.74, 6) is 0.737. The van der Waals surface area contributed by atoms with Crippen molar-refractivity contribution in [2.75, 3.05) is 32.7 Å². The molecule has 0 radical (unpaired) electrons. The molecule has 2 aliphatic heterocycles. The summed E-state index contributed by atoms with van der Waals surface area (Å²) in [6.07, 6.45) is 3.98. The Morgan fingerprint density at radius 2 is 1.77 bits per heavy atom. The number of halogens is 1. The van der Waals surface area contributed by atoms with E-state index < -0.39 is 0 Å². The standard InChI is InChI=1S/C26H29FN2O2/c27-20-8-7-19-13-18-3-1-2-4-22(18)24-15-21(31-25(24)23(19)14-20)16-28-9-11-29(12-10-28)26(30)17-5-6-17/h1-4,7-8,14,17,21,24-25H,5-6,9-13,15-16H2/t21-,24-,25+/m1/s1. The van der Waals surface area contributed by atoms with Crippen LogP contribution in [0.1, 0.15) is 53.5 Å². The number of fused-ring (bicyclic) bond motifs is 5. The summed E-state index contributed by atoms with van der Waals surface area (Å²) in [6.45, 7) is 4.35. The van der Waals surface area contributed by atoms with Crippen molar-refractivity contribution in [3.63, 3.8) is 0 Å². The molecule has 2 heterocycles. The Bertz CT molecular complexity index is 997. The van der Waals surface area contributed by atoms with E-state index in [1.807, 2.05) is 11.0 Å². The average molecular weight is 421 g/mol. The molecule has 0 bridgehead atoms. The summed E-state index contributed by atoms with van der Waals surface area (Å²) in [7, 11) is 0. The summed E-state index contributed by atoms with van der Waals surface area (Å²) in [6, 6.07) is 13.8. The highest BCUT2D eigenvalue weighted by Crippen LogP contribution is 2.49. The van der Waals surface area contributed by atoms with E-state index in [1.165, 1.54) is 16.7 Å². The molecule has 4 aliphatic rings. The van der Waals surface area contributed by atoms with E-state index in [9.17, 15) is 9.18 Å². The van der Waals surface area contributed by atoms with Crippen LogP contribution in [0.5, 0.6) is 0 Å². The van der Waals surface area contributed by atoms with E-state index in [2.05, 4.69) is 29.2 Å². The lowest BCUT2D eigenvalue weighted by molar-refractivity contribution is -0.134. The number of benzene rings is 2. The fourth-order valence-corrected chi connectivity index (χ4v) is 5.74. The molecule has 4 nitrogen and oxygen atoms in total. The molecule has 1 amide bonds. The van der Waals surface area contributed by atoms with Crippen LogP contribution in [0, 0.1) is 11.7 Å². The average Bonchev–Trinajstić information content (AvgIpc) is 3.57. The first kappa shape index (κ1) is 19.4. The Kier molecular flexibility index (Phi) is 4.84. The second-order valence-corrected chi connectivity index (χ2v) is 9.64. The van der Waals surface area contributed by atoms with Gasteiger partial charge in [-0.2, -0.15) is 0 Å². The van der Waals surface area contributed by atoms with Crippen LogP contribution in [-0.2, 0) is 16.0 Å². The van der Waals surface area contributed by atoms with Gasteiger partial charge in [0.25, 0.3) is 0 Å². The lowest BCUT2D eigenvalue weighted by Gasteiger charge is -2.36. The molecule has 1 saturated carbocycles. The number of ether oxygens (including phenoxy) is 1. The highest BCUT2D eigenvalue weighted by Gasteiger charge is 2.42. The SMILES string of the molecule is O=C(C1CC1)N1CCN(C[C@H]2C[C@@H]3c4ccccc4Cc4ccc(F)cc4[C@@H]3O2)CC1. The van der Waals surface area contributed by atoms with Gasteiger partial charge in [0, 0.05) is 44.6 Å². The van der Waals surface area contributed by atoms with E-state index in [4.69, 9.17) is 4.74 Å². The van der Waals surface area contributed by atoms with Gasteiger partial charge >= 0.3 is 0 Å². The molecule has 5 heteroatoms. The van der Waals surface area contributed by atoms with E-state index >= 15 is 0 Å². The van der Waals surface area contributed by atoms with Gasteiger partial charge in [-0.1, -0.05) is 30.3 Å². The molecule has 3 fully saturated rings. The highest BCUT2D eigenvalue weighted by atomic mass is 19.1. The molecular weight excluding hydrogens is 391 g/mol. The van der Waals surface area contributed by atoms with Crippen molar-refractivity contribution < 1.29 is 13.9 Å². The monoisotopic (exact) mass is 420 g/mol. The molecule has 2 aliphatic carbocycles. The number of carbonyl (C=O) groups is 1. The molecule has 0 aromatic heterocycles. The van der Waals surface area contributed by atoms with Crippen LogP contribution in [0.15, 0.2) is 42.5 Å². The minimum Gasteiger partial charge on any atom is -0.368 e. The fraction of sp³-hybridized carbons (Fsp3) is 0.500. The Hall–Kier alpha value is -2.24. The normalized spacial score (nSPS) is 27.9. The third-order valence-corrected chi connectivity index (χ3v) is 7.54. The Morgan fingerprint density at radius 3 is 2.58 bits per heavy atom. The molecule has 2 aromatic rings. The van der Waals surface area contributed by atoms with Crippen molar-refractivity contribution in [1.82, 2.24) is 9.80 Å². The number of piperazine rings is 1. The number of hydrogen-bond acceptors (Lipinski definition) is 3. The van der Waals surface area contributed by atoms with E-state index in [1.54, 1.807) is 12.1 Å². The molecular formula is C26H29FN2O2. The lowest BCUT2D eigenvalue weighted by atomic mass is 9.87. The number of nitrogens with zero attached hydrogens (tertiary/aromatic N) is 2. The van der Waals surface area contributed by atoms with Crippen LogP contribution in [0.3, 0.4) is 0 Å². The number of amides is 1. The maximum Gasteiger partial charge on any atom is 0.225 e. The van der Waals surface area contributed by atoms with Gasteiger partial charge in [-0.15, -0.1) is 0 Å². The summed E-state index contributed by atoms with van der Waals surface area (Å²) >= 11 is 0. The van der Waals surface area contributed by atoms with Crippen LogP contribution in [0.25, 0.3) is 0 Å². The van der Waals surface area contributed by atoms with Crippen LogP contribution < -0.4 is 0 Å². The van der Waals surface area contributed by atoms with Crippen LogP contribution >= 0.6 is 0 Å². The van der Waals surface area contributed by atoms with Gasteiger partial charge in [0.15, 0.2) is 0 Å². The first-order valence-electron chi connectivity index (χ1n) is 11.7. The van der Waals surface area contributed by atoms with Gasteiger partial charge in [-0.25, -0.2) is 4.39 Å².